The van der Waals surface area contributed by atoms with E-state index < -0.39 is 0 Å². The Hall–Kier alpha value is -1.50. The summed E-state index contributed by atoms with van der Waals surface area (Å²) in [6.07, 6.45) is 6.75. The van der Waals surface area contributed by atoms with Gasteiger partial charge in [-0.05, 0) is 25.0 Å². The highest BCUT2D eigenvalue weighted by Gasteiger charge is 2.27. The zero-order chi connectivity index (χ0) is 15.0. The summed E-state index contributed by atoms with van der Waals surface area (Å²) >= 11 is 1.54. The van der Waals surface area contributed by atoms with Crippen molar-refractivity contribution in [2.75, 3.05) is 12.0 Å². The number of hydrogen-bond acceptors (Lipinski definition) is 6. The zero-order valence-corrected chi connectivity index (χ0v) is 13.5. The molecule has 21 heavy (non-hydrogen) atoms. The molecule has 0 bridgehead atoms. The third-order valence-electron chi connectivity index (χ3n) is 4.20. The number of rotatable bonds is 3. The SMILES string of the molecule is CSc1nn(C)c(N)c1-c1noc(C2CCCC(C)C2)n1. The maximum atomic E-state index is 6.09. The first-order valence-corrected chi connectivity index (χ1v) is 8.53. The Kier molecular flexibility index (Phi) is 3.93. The summed E-state index contributed by atoms with van der Waals surface area (Å²) in [4.78, 5) is 4.60. The Bertz CT molecular complexity index is 635. The van der Waals surface area contributed by atoms with E-state index in [9.17, 15) is 0 Å². The first-order chi connectivity index (χ1) is 10.1. The lowest BCUT2D eigenvalue weighted by Crippen LogP contribution is -2.11. The summed E-state index contributed by atoms with van der Waals surface area (Å²) in [5.74, 6) is 2.98. The van der Waals surface area contributed by atoms with Crippen molar-refractivity contribution >= 4 is 17.6 Å². The molecule has 2 aromatic rings. The van der Waals surface area contributed by atoms with Gasteiger partial charge in [0.25, 0.3) is 0 Å². The molecule has 1 fully saturated rings. The van der Waals surface area contributed by atoms with Crippen LogP contribution in [0.1, 0.15) is 44.4 Å². The van der Waals surface area contributed by atoms with Gasteiger partial charge in [-0.15, -0.1) is 11.8 Å². The van der Waals surface area contributed by atoms with Crippen molar-refractivity contribution in [2.45, 2.75) is 43.6 Å². The molecule has 0 aromatic carbocycles. The van der Waals surface area contributed by atoms with E-state index in [1.54, 1.807) is 4.68 Å². The van der Waals surface area contributed by atoms with Crippen LogP contribution in [0.15, 0.2) is 9.55 Å². The normalized spacial score (nSPS) is 22.6. The predicted molar refractivity (Wildman–Crippen MR) is 83.1 cm³/mol. The molecule has 1 aliphatic rings. The Morgan fingerprint density at radius 2 is 2.19 bits per heavy atom. The first kappa shape index (κ1) is 14.4. The Morgan fingerprint density at radius 3 is 2.90 bits per heavy atom. The highest BCUT2D eigenvalue weighted by molar-refractivity contribution is 7.98. The standard InChI is InChI=1S/C14H21N5OS/c1-8-5-4-6-9(7-8)13-16-12(18-20-13)10-11(15)19(2)17-14(10)21-3/h8-9H,4-7,15H2,1-3H3. The van der Waals surface area contributed by atoms with E-state index in [-0.39, 0.29) is 0 Å². The molecule has 2 unspecified atom stereocenters. The van der Waals surface area contributed by atoms with Gasteiger partial charge in [0.2, 0.25) is 11.7 Å². The van der Waals surface area contributed by atoms with E-state index in [0.29, 0.717) is 17.6 Å². The number of aryl methyl sites for hydroxylation is 1. The quantitative estimate of drug-likeness (QED) is 0.877. The molecule has 2 N–H and O–H groups in total. The lowest BCUT2D eigenvalue weighted by atomic mass is 9.82. The molecule has 0 radical (unpaired) electrons. The minimum Gasteiger partial charge on any atom is -0.383 e. The lowest BCUT2D eigenvalue weighted by Gasteiger charge is -2.23. The van der Waals surface area contributed by atoms with Gasteiger partial charge in [-0.3, -0.25) is 4.68 Å². The molecule has 2 atom stereocenters. The molecule has 1 saturated carbocycles. The van der Waals surface area contributed by atoms with Crippen LogP contribution in [0.3, 0.4) is 0 Å². The van der Waals surface area contributed by atoms with Crippen molar-refractivity contribution in [1.82, 2.24) is 19.9 Å². The third-order valence-corrected chi connectivity index (χ3v) is 4.88. The topological polar surface area (TPSA) is 82.8 Å². The van der Waals surface area contributed by atoms with Crippen LogP contribution < -0.4 is 5.73 Å². The minimum absolute atomic E-state index is 0.380. The van der Waals surface area contributed by atoms with Gasteiger partial charge in [0.05, 0.1) is 5.56 Å². The number of aromatic nitrogens is 4. The van der Waals surface area contributed by atoms with E-state index in [4.69, 9.17) is 10.3 Å². The molecule has 0 amide bonds. The van der Waals surface area contributed by atoms with Crippen molar-refractivity contribution in [2.24, 2.45) is 13.0 Å². The monoisotopic (exact) mass is 307 g/mol. The van der Waals surface area contributed by atoms with E-state index in [1.807, 2.05) is 13.3 Å². The van der Waals surface area contributed by atoms with Crippen molar-refractivity contribution in [3.05, 3.63) is 5.89 Å². The van der Waals surface area contributed by atoms with Crippen LogP contribution in [0.25, 0.3) is 11.4 Å². The first-order valence-electron chi connectivity index (χ1n) is 7.30. The third kappa shape index (κ3) is 2.66. The number of anilines is 1. The highest BCUT2D eigenvalue weighted by atomic mass is 32.2. The number of nitrogen functional groups attached to an aromatic ring is 1. The Labute approximate surface area is 128 Å². The van der Waals surface area contributed by atoms with Crippen molar-refractivity contribution in [1.29, 1.82) is 0 Å². The van der Waals surface area contributed by atoms with Gasteiger partial charge in [-0.1, -0.05) is 24.9 Å². The molecule has 0 aliphatic heterocycles. The van der Waals surface area contributed by atoms with Gasteiger partial charge in [0.15, 0.2) is 0 Å². The summed E-state index contributed by atoms with van der Waals surface area (Å²) in [5, 5.41) is 9.34. The average Bonchev–Trinajstić information content (AvgIpc) is 3.05. The van der Waals surface area contributed by atoms with Crippen LogP contribution in [-0.4, -0.2) is 26.2 Å². The molecule has 1 aliphatic carbocycles. The summed E-state index contributed by atoms with van der Waals surface area (Å²) in [7, 11) is 1.82. The Balaban J connectivity index is 1.91. The van der Waals surface area contributed by atoms with E-state index in [1.165, 1.54) is 24.6 Å². The molecule has 2 aromatic heterocycles. The van der Waals surface area contributed by atoms with Crippen molar-refractivity contribution < 1.29 is 4.52 Å². The number of hydrogen-bond donors (Lipinski definition) is 1. The summed E-state index contributed by atoms with van der Waals surface area (Å²) in [5.41, 5.74) is 6.87. The van der Waals surface area contributed by atoms with Crippen molar-refractivity contribution in [3.63, 3.8) is 0 Å². The number of nitrogens with zero attached hydrogens (tertiary/aromatic N) is 4. The molecule has 6 nitrogen and oxygen atoms in total. The molecule has 0 spiro atoms. The fourth-order valence-electron chi connectivity index (χ4n) is 3.03. The largest absolute Gasteiger partial charge is 0.383 e. The summed E-state index contributed by atoms with van der Waals surface area (Å²) in [6, 6.07) is 0. The number of thioether (sulfide) groups is 1. The molecule has 0 saturated heterocycles. The second-order valence-electron chi connectivity index (χ2n) is 5.82. The summed E-state index contributed by atoms with van der Waals surface area (Å²) in [6.45, 7) is 2.29. The van der Waals surface area contributed by atoms with Crippen LogP contribution >= 0.6 is 11.8 Å². The minimum atomic E-state index is 0.380. The molecule has 2 heterocycles. The van der Waals surface area contributed by atoms with Gasteiger partial charge in [-0.25, -0.2) is 0 Å². The molecular formula is C14H21N5OS. The molecule has 114 valence electrons. The van der Waals surface area contributed by atoms with E-state index in [2.05, 4.69) is 22.2 Å². The van der Waals surface area contributed by atoms with Gasteiger partial charge in [0.1, 0.15) is 10.8 Å². The molecular weight excluding hydrogens is 286 g/mol. The van der Waals surface area contributed by atoms with Crippen LogP contribution in [0, 0.1) is 5.92 Å². The van der Waals surface area contributed by atoms with E-state index in [0.717, 1.165) is 35.2 Å². The fraction of sp³-hybridized carbons (Fsp3) is 0.643. The van der Waals surface area contributed by atoms with Crippen LogP contribution in [-0.2, 0) is 7.05 Å². The second-order valence-corrected chi connectivity index (χ2v) is 6.61. The maximum Gasteiger partial charge on any atom is 0.230 e. The van der Waals surface area contributed by atoms with Gasteiger partial charge < -0.3 is 10.3 Å². The van der Waals surface area contributed by atoms with Gasteiger partial charge in [-0.2, -0.15) is 10.1 Å². The smallest absolute Gasteiger partial charge is 0.230 e. The van der Waals surface area contributed by atoms with Crippen LogP contribution in [0.4, 0.5) is 5.82 Å². The Morgan fingerprint density at radius 1 is 1.38 bits per heavy atom. The van der Waals surface area contributed by atoms with Crippen LogP contribution in [0.5, 0.6) is 0 Å². The number of nitrogens with two attached hydrogens (primary N) is 1. The van der Waals surface area contributed by atoms with Gasteiger partial charge >= 0.3 is 0 Å². The molecule has 3 rings (SSSR count). The fourth-order valence-corrected chi connectivity index (χ4v) is 3.63. The predicted octanol–water partition coefficient (Wildman–Crippen LogP) is 3.07. The van der Waals surface area contributed by atoms with Crippen molar-refractivity contribution in [3.8, 4) is 11.4 Å². The van der Waals surface area contributed by atoms with Crippen LogP contribution in [0.2, 0.25) is 0 Å². The average molecular weight is 307 g/mol. The maximum absolute atomic E-state index is 6.09. The van der Waals surface area contributed by atoms with E-state index >= 15 is 0 Å². The highest BCUT2D eigenvalue weighted by Crippen LogP contribution is 2.37. The second kappa shape index (κ2) is 5.71. The summed E-state index contributed by atoms with van der Waals surface area (Å²) < 4.78 is 7.16. The van der Waals surface area contributed by atoms with Gasteiger partial charge in [0, 0.05) is 13.0 Å². The zero-order valence-electron chi connectivity index (χ0n) is 12.7. The molecule has 7 heteroatoms. The lowest BCUT2D eigenvalue weighted by molar-refractivity contribution is 0.276.